The van der Waals surface area contributed by atoms with E-state index >= 15 is 0 Å². The van der Waals surface area contributed by atoms with Gasteiger partial charge in [0, 0.05) is 38.2 Å². The zero-order chi connectivity index (χ0) is 17.9. The molecule has 5 heteroatoms. The Hall–Kier alpha value is -1.62. The number of amides is 1. The normalized spacial score (nSPS) is 25.8. The van der Waals surface area contributed by atoms with Gasteiger partial charge in [-0.25, -0.2) is 4.98 Å². The third-order valence-electron chi connectivity index (χ3n) is 6.28. The fourth-order valence-corrected chi connectivity index (χ4v) is 4.83. The lowest BCUT2D eigenvalue weighted by molar-refractivity contribution is -0.133. The summed E-state index contributed by atoms with van der Waals surface area (Å²) in [5.41, 5.74) is 2.30. The van der Waals surface area contributed by atoms with E-state index in [0.717, 1.165) is 37.6 Å². The minimum absolute atomic E-state index is 0.232. The van der Waals surface area contributed by atoms with E-state index in [1.807, 2.05) is 11.2 Å². The van der Waals surface area contributed by atoms with E-state index in [-0.39, 0.29) is 11.8 Å². The summed E-state index contributed by atoms with van der Waals surface area (Å²) < 4.78 is 8.22. The van der Waals surface area contributed by atoms with Crippen LogP contribution in [0.1, 0.15) is 62.3 Å². The van der Waals surface area contributed by atoms with E-state index in [4.69, 9.17) is 4.74 Å². The van der Waals surface area contributed by atoms with Crippen molar-refractivity contribution < 1.29 is 9.53 Å². The van der Waals surface area contributed by atoms with Crippen LogP contribution >= 0.6 is 0 Å². The quantitative estimate of drug-likeness (QED) is 0.733. The predicted octanol–water partition coefficient (Wildman–Crippen LogP) is 3.41. The van der Waals surface area contributed by atoms with Crippen LogP contribution < -0.4 is 0 Å². The Morgan fingerprint density at radius 1 is 1.27 bits per heavy atom. The minimum Gasteiger partial charge on any atom is -0.380 e. The fraction of sp³-hybridized carbons (Fsp3) is 0.714. The molecule has 1 aromatic heterocycles. The monoisotopic (exact) mass is 357 g/mol. The number of fused-ring (bicyclic) bond motifs is 1. The second-order valence-corrected chi connectivity index (χ2v) is 8.32. The Kier molecular flexibility index (Phi) is 5.44. The second kappa shape index (κ2) is 7.95. The molecule has 0 bridgehead atoms. The molecule has 1 aromatic rings. The Morgan fingerprint density at radius 2 is 2.12 bits per heavy atom. The van der Waals surface area contributed by atoms with Gasteiger partial charge in [-0.3, -0.25) is 4.79 Å². The zero-order valence-electron chi connectivity index (χ0n) is 15.9. The summed E-state index contributed by atoms with van der Waals surface area (Å²) in [4.78, 5) is 19.4. The molecular weight excluding hydrogens is 326 g/mol. The van der Waals surface area contributed by atoms with Crippen LogP contribution in [0.4, 0.5) is 0 Å². The van der Waals surface area contributed by atoms with Gasteiger partial charge in [-0.15, -0.1) is 0 Å². The highest BCUT2D eigenvalue weighted by Gasteiger charge is 2.32. The highest BCUT2D eigenvalue weighted by Crippen LogP contribution is 2.30. The molecule has 0 spiro atoms. The van der Waals surface area contributed by atoms with Crippen LogP contribution in [0.3, 0.4) is 0 Å². The summed E-state index contributed by atoms with van der Waals surface area (Å²) in [6.07, 6.45) is 14.4. The molecule has 1 aliphatic heterocycles. The van der Waals surface area contributed by atoms with E-state index in [1.165, 1.54) is 31.4 Å². The Morgan fingerprint density at radius 3 is 2.88 bits per heavy atom. The van der Waals surface area contributed by atoms with Crippen molar-refractivity contribution in [3.8, 4) is 0 Å². The molecule has 0 unspecified atom stereocenters. The van der Waals surface area contributed by atoms with Crippen molar-refractivity contribution in [3.05, 3.63) is 29.9 Å². The van der Waals surface area contributed by atoms with Crippen LogP contribution in [0, 0.1) is 11.8 Å². The van der Waals surface area contributed by atoms with Crippen molar-refractivity contribution in [1.82, 2.24) is 14.5 Å². The summed E-state index contributed by atoms with van der Waals surface area (Å²) in [6.45, 7) is 2.96. The molecule has 0 N–H and O–H groups in total. The van der Waals surface area contributed by atoms with E-state index in [2.05, 4.69) is 28.8 Å². The first-order valence-corrected chi connectivity index (χ1v) is 10.2. The number of aryl methyl sites for hydroxylation is 1. The fourth-order valence-electron chi connectivity index (χ4n) is 4.83. The number of carbonyl (C=O) groups excluding carboxylic acids is 1. The number of aromatic nitrogens is 2. The van der Waals surface area contributed by atoms with Crippen molar-refractivity contribution >= 4 is 5.91 Å². The maximum Gasteiger partial charge on any atom is 0.223 e. The molecule has 0 radical (unpaired) electrons. The largest absolute Gasteiger partial charge is 0.380 e. The second-order valence-electron chi connectivity index (χ2n) is 8.32. The first-order chi connectivity index (χ1) is 12.7. The number of hydrogen-bond acceptors (Lipinski definition) is 3. The highest BCUT2D eigenvalue weighted by molar-refractivity contribution is 5.77. The lowest BCUT2D eigenvalue weighted by Gasteiger charge is -2.33. The Labute approximate surface area is 156 Å². The number of allylic oxidation sites excluding steroid dienone is 2. The van der Waals surface area contributed by atoms with Gasteiger partial charge < -0.3 is 14.2 Å². The van der Waals surface area contributed by atoms with Crippen LogP contribution in [-0.2, 0) is 23.1 Å². The van der Waals surface area contributed by atoms with Crippen molar-refractivity contribution in [2.75, 3.05) is 19.8 Å². The summed E-state index contributed by atoms with van der Waals surface area (Å²) in [5.74, 6) is 1.65. The molecule has 26 heavy (non-hydrogen) atoms. The van der Waals surface area contributed by atoms with Gasteiger partial charge in [0.1, 0.15) is 0 Å². The highest BCUT2D eigenvalue weighted by atomic mass is 16.5. The summed E-state index contributed by atoms with van der Waals surface area (Å²) in [7, 11) is 2.05. The van der Waals surface area contributed by atoms with Gasteiger partial charge >= 0.3 is 0 Å². The molecule has 1 fully saturated rings. The Balaban J connectivity index is 1.39. The van der Waals surface area contributed by atoms with Gasteiger partial charge in [0.25, 0.3) is 0 Å². The number of hydrogen-bond donors (Lipinski definition) is 0. The SMILES string of the molecule is Cn1cnc2c1[C@@H](COCC1CCCC1)CN(C(=O)C[C@@H]1C=CCC1)C2. The molecule has 4 rings (SSSR count). The topological polar surface area (TPSA) is 47.4 Å². The third kappa shape index (κ3) is 3.88. The van der Waals surface area contributed by atoms with E-state index < -0.39 is 0 Å². The zero-order valence-corrected chi connectivity index (χ0v) is 15.9. The maximum atomic E-state index is 12.8. The van der Waals surface area contributed by atoms with Gasteiger partial charge in [0.15, 0.2) is 0 Å². The van der Waals surface area contributed by atoms with Crippen LogP contribution in [0.15, 0.2) is 18.5 Å². The van der Waals surface area contributed by atoms with Gasteiger partial charge in [0.05, 0.1) is 25.2 Å². The van der Waals surface area contributed by atoms with Crippen molar-refractivity contribution in [2.24, 2.45) is 18.9 Å². The average Bonchev–Trinajstić information content (AvgIpc) is 3.38. The number of nitrogens with zero attached hydrogens (tertiary/aromatic N) is 3. The number of ether oxygens (including phenoxy) is 1. The van der Waals surface area contributed by atoms with Crippen LogP contribution in [0.5, 0.6) is 0 Å². The molecule has 1 saturated carbocycles. The number of imidazole rings is 1. The van der Waals surface area contributed by atoms with Gasteiger partial charge in [-0.2, -0.15) is 0 Å². The molecule has 0 saturated heterocycles. The van der Waals surface area contributed by atoms with Crippen LogP contribution in [0.2, 0.25) is 0 Å². The summed E-state index contributed by atoms with van der Waals surface area (Å²) in [5, 5.41) is 0. The van der Waals surface area contributed by atoms with Gasteiger partial charge in [-0.1, -0.05) is 25.0 Å². The van der Waals surface area contributed by atoms with Gasteiger partial charge in [0.2, 0.25) is 5.91 Å². The maximum absolute atomic E-state index is 12.8. The summed E-state index contributed by atoms with van der Waals surface area (Å²) in [6, 6.07) is 0. The molecule has 3 aliphatic rings. The third-order valence-corrected chi connectivity index (χ3v) is 6.28. The van der Waals surface area contributed by atoms with E-state index in [9.17, 15) is 4.79 Å². The molecule has 142 valence electrons. The van der Waals surface area contributed by atoms with E-state index in [0.29, 0.717) is 25.5 Å². The molecule has 2 atom stereocenters. The van der Waals surface area contributed by atoms with Gasteiger partial charge in [-0.05, 0) is 37.5 Å². The minimum atomic E-state index is 0.232. The van der Waals surface area contributed by atoms with Crippen LogP contribution in [0.25, 0.3) is 0 Å². The molecule has 2 aliphatic carbocycles. The van der Waals surface area contributed by atoms with Crippen LogP contribution in [-0.4, -0.2) is 40.1 Å². The molecule has 5 nitrogen and oxygen atoms in total. The summed E-state index contributed by atoms with van der Waals surface area (Å²) >= 11 is 0. The lowest BCUT2D eigenvalue weighted by Crippen LogP contribution is -2.40. The lowest BCUT2D eigenvalue weighted by atomic mass is 9.97. The number of rotatable bonds is 6. The smallest absolute Gasteiger partial charge is 0.223 e. The first-order valence-electron chi connectivity index (χ1n) is 10.2. The molecule has 0 aromatic carbocycles. The van der Waals surface area contributed by atoms with Crippen molar-refractivity contribution in [3.63, 3.8) is 0 Å². The molecular formula is C21H31N3O2. The molecule has 1 amide bonds. The standard InChI is InChI=1S/C21H31N3O2/c1-23-15-22-19-12-24(20(25)10-16-6-2-3-7-16)11-18(21(19)23)14-26-13-17-8-4-5-9-17/h2,6,15-18H,3-5,7-14H2,1H3/t16-,18-/m1/s1. The Bertz CT molecular complexity index is 660. The van der Waals surface area contributed by atoms with E-state index in [1.54, 1.807) is 0 Å². The van der Waals surface area contributed by atoms with Crippen molar-refractivity contribution in [2.45, 2.75) is 57.4 Å². The molecule has 2 heterocycles. The first kappa shape index (κ1) is 17.8. The average molecular weight is 357 g/mol. The predicted molar refractivity (Wildman–Crippen MR) is 101 cm³/mol. The van der Waals surface area contributed by atoms with Crippen molar-refractivity contribution in [1.29, 1.82) is 0 Å². The number of carbonyl (C=O) groups is 1.